The normalized spacial score (nSPS) is 12.8. The number of hydrogen-bond acceptors (Lipinski definition) is 3. The first-order valence-corrected chi connectivity index (χ1v) is 6.46. The summed E-state index contributed by atoms with van der Waals surface area (Å²) in [6, 6.07) is 5.63. The molecule has 1 aromatic heterocycles. The monoisotopic (exact) mass is 291 g/mol. The van der Waals surface area contributed by atoms with Gasteiger partial charge in [-0.1, -0.05) is 30.3 Å². The lowest BCUT2D eigenvalue weighted by Crippen LogP contribution is -2.15. The molecular weight excluding hydrogens is 274 g/mol. The molecule has 5 heteroatoms. The molecule has 0 aliphatic heterocycles. The average Bonchev–Trinajstić information content (AvgIpc) is 2.46. The van der Waals surface area contributed by atoms with Crippen LogP contribution in [0.5, 0.6) is 0 Å². The van der Waals surface area contributed by atoms with E-state index >= 15 is 0 Å². The molecule has 1 heterocycles. The standard InChI is InChI=1S/C15H18ClN3O/c1-4-14(16)9-13(12(2)20)10-17-11-19(3)15-7-5-6-8-18-15/h4-9,11,20H,2,10H2,1,3H3/b13-9-,14-4+,17-11?. The minimum Gasteiger partial charge on any atom is -0.508 e. The Morgan fingerprint density at radius 1 is 1.55 bits per heavy atom. The Morgan fingerprint density at radius 3 is 2.85 bits per heavy atom. The summed E-state index contributed by atoms with van der Waals surface area (Å²) in [5, 5.41) is 10.0. The van der Waals surface area contributed by atoms with Crippen LogP contribution in [-0.2, 0) is 0 Å². The maximum atomic E-state index is 9.49. The summed E-state index contributed by atoms with van der Waals surface area (Å²) in [6.45, 7) is 5.60. The maximum Gasteiger partial charge on any atom is 0.133 e. The molecule has 0 atom stereocenters. The number of aliphatic imine (C=N–C) groups is 1. The number of halogens is 1. The molecule has 1 aromatic rings. The highest BCUT2D eigenvalue weighted by Gasteiger charge is 2.01. The largest absolute Gasteiger partial charge is 0.508 e. The predicted molar refractivity (Wildman–Crippen MR) is 85.5 cm³/mol. The van der Waals surface area contributed by atoms with Crippen LogP contribution in [-0.4, -0.2) is 30.0 Å². The van der Waals surface area contributed by atoms with Crippen LogP contribution in [0.2, 0.25) is 0 Å². The van der Waals surface area contributed by atoms with Crippen molar-refractivity contribution in [2.24, 2.45) is 4.99 Å². The highest BCUT2D eigenvalue weighted by atomic mass is 35.5. The topological polar surface area (TPSA) is 48.7 Å². The van der Waals surface area contributed by atoms with E-state index in [1.165, 1.54) is 0 Å². The smallest absolute Gasteiger partial charge is 0.133 e. The molecule has 106 valence electrons. The second-order valence-corrected chi connectivity index (χ2v) is 4.48. The molecule has 0 radical (unpaired) electrons. The summed E-state index contributed by atoms with van der Waals surface area (Å²) in [7, 11) is 1.85. The van der Waals surface area contributed by atoms with Crippen LogP contribution < -0.4 is 4.90 Å². The first-order valence-electron chi connectivity index (χ1n) is 6.09. The van der Waals surface area contributed by atoms with Crippen LogP contribution in [0, 0.1) is 0 Å². The van der Waals surface area contributed by atoms with E-state index in [9.17, 15) is 5.11 Å². The van der Waals surface area contributed by atoms with Crippen molar-refractivity contribution < 1.29 is 5.11 Å². The van der Waals surface area contributed by atoms with Crippen molar-refractivity contribution in [3.63, 3.8) is 0 Å². The molecule has 0 bridgehead atoms. The van der Waals surface area contributed by atoms with Crippen molar-refractivity contribution in [1.82, 2.24) is 4.98 Å². The van der Waals surface area contributed by atoms with Gasteiger partial charge < -0.3 is 10.0 Å². The Labute approximate surface area is 124 Å². The van der Waals surface area contributed by atoms with E-state index in [-0.39, 0.29) is 12.3 Å². The molecule has 0 saturated heterocycles. The molecular formula is C15H18ClN3O. The lowest BCUT2D eigenvalue weighted by atomic mass is 10.2. The second kappa shape index (κ2) is 8.17. The van der Waals surface area contributed by atoms with Crippen molar-refractivity contribution in [3.8, 4) is 0 Å². The number of aromatic nitrogens is 1. The lowest BCUT2D eigenvalue weighted by molar-refractivity contribution is 0.424. The van der Waals surface area contributed by atoms with Gasteiger partial charge in [-0.3, -0.25) is 4.99 Å². The number of anilines is 1. The van der Waals surface area contributed by atoms with Gasteiger partial charge in [-0.05, 0) is 25.1 Å². The zero-order valence-electron chi connectivity index (χ0n) is 11.6. The lowest BCUT2D eigenvalue weighted by Gasteiger charge is -2.11. The minimum absolute atomic E-state index is 0.0392. The molecule has 0 aliphatic rings. The van der Waals surface area contributed by atoms with Gasteiger partial charge >= 0.3 is 0 Å². The Morgan fingerprint density at radius 2 is 2.30 bits per heavy atom. The first-order chi connectivity index (χ1) is 9.54. The predicted octanol–water partition coefficient (Wildman–Crippen LogP) is 3.69. The molecule has 0 aliphatic carbocycles. The summed E-state index contributed by atoms with van der Waals surface area (Å²) in [6.07, 6.45) is 6.73. The zero-order chi connectivity index (χ0) is 15.0. The van der Waals surface area contributed by atoms with E-state index in [1.54, 1.807) is 29.6 Å². The number of allylic oxidation sites excluding steroid dienone is 3. The summed E-state index contributed by atoms with van der Waals surface area (Å²) in [5.74, 6) is 0.749. The van der Waals surface area contributed by atoms with Crippen LogP contribution in [0.1, 0.15) is 6.92 Å². The van der Waals surface area contributed by atoms with Crippen LogP contribution in [0.15, 0.2) is 64.5 Å². The highest BCUT2D eigenvalue weighted by molar-refractivity contribution is 6.31. The van der Waals surface area contributed by atoms with Gasteiger partial charge in [-0.2, -0.15) is 0 Å². The zero-order valence-corrected chi connectivity index (χ0v) is 12.4. The van der Waals surface area contributed by atoms with Crippen molar-refractivity contribution >= 4 is 23.8 Å². The summed E-state index contributed by atoms with van der Waals surface area (Å²) in [5.41, 5.74) is 0.568. The van der Waals surface area contributed by atoms with Crippen LogP contribution in [0.3, 0.4) is 0 Å². The van der Waals surface area contributed by atoms with E-state index in [1.807, 2.05) is 32.2 Å². The number of pyridine rings is 1. The molecule has 0 saturated carbocycles. The quantitative estimate of drug-likeness (QED) is 0.376. The van der Waals surface area contributed by atoms with Crippen molar-refractivity contribution in [2.75, 3.05) is 18.5 Å². The molecule has 0 unspecified atom stereocenters. The van der Waals surface area contributed by atoms with Gasteiger partial charge in [-0.15, -0.1) is 0 Å². The molecule has 0 amide bonds. The summed E-state index contributed by atoms with van der Waals surface area (Å²) < 4.78 is 0. The van der Waals surface area contributed by atoms with E-state index in [0.717, 1.165) is 5.82 Å². The fourth-order valence-electron chi connectivity index (χ4n) is 1.35. The maximum absolute atomic E-state index is 9.49. The molecule has 1 N–H and O–H groups in total. The van der Waals surface area contributed by atoms with Crippen LogP contribution in [0.4, 0.5) is 5.82 Å². The van der Waals surface area contributed by atoms with Crippen molar-refractivity contribution in [3.05, 3.63) is 59.5 Å². The molecule has 4 nitrogen and oxygen atoms in total. The van der Waals surface area contributed by atoms with E-state index < -0.39 is 0 Å². The minimum atomic E-state index is -0.0392. The Hall–Kier alpha value is -2.07. The summed E-state index contributed by atoms with van der Waals surface area (Å²) >= 11 is 5.90. The van der Waals surface area contributed by atoms with Gasteiger partial charge in [0.2, 0.25) is 0 Å². The Balaban J connectivity index is 2.71. The number of aliphatic hydroxyl groups is 1. The molecule has 0 fully saturated rings. The third-order valence-corrected chi connectivity index (χ3v) is 2.81. The number of aliphatic hydroxyl groups excluding tert-OH is 1. The fourth-order valence-corrected chi connectivity index (χ4v) is 1.48. The fraction of sp³-hybridized carbons (Fsp3) is 0.200. The molecule has 0 spiro atoms. The van der Waals surface area contributed by atoms with Crippen LogP contribution >= 0.6 is 11.6 Å². The first kappa shape index (κ1) is 16.0. The third kappa shape index (κ3) is 5.28. The number of hydrogen-bond donors (Lipinski definition) is 1. The van der Waals surface area contributed by atoms with Gasteiger partial charge in [-0.25, -0.2) is 4.98 Å². The van der Waals surface area contributed by atoms with Crippen LogP contribution in [0.25, 0.3) is 0 Å². The number of nitrogens with zero attached hydrogens (tertiary/aromatic N) is 3. The van der Waals surface area contributed by atoms with Gasteiger partial charge in [0.15, 0.2) is 0 Å². The molecule has 1 rings (SSSR count). The van der Waals surface area contributed by atoms with Gasteiger partial charge in [0, 0.05) is 23.8 Å². The average molecular weight is 292 g/mol. The SMILES string of the molecule is C=C(O)/C(=C\C(Cl)=C/C)CN=CN(C)c1ccccn1. The van der Waals surface area contributed by atoms with Gasteiger partial charge in [0.05, 0.1) is 12.9 Å². The number of rotatable bonds is 6. The summed E-state index contributed by atoms with van der Waals surface area (Å²) in [4.78, 5) is 10.2. The van der Waals surface area contributed by atoms with E-state index in [4.69, 9.17) is 11.6 Å². The second-order valence-electron chi connectivity index (χ2n) is 4.04. The Bertz CT molecular complexity index is 535. The van der Waals surface area contributed by atoms with E-state index in [0.29, 0.717) is 10.6 Å². The van der Waals surface area contributed by atoms with Crippen molar-refractivity contribution in [1.29, 1.82) is 0 Å². The van der Waals surface area contributed by atoms with Crippen molar-refractivity contribution in [2.45, 2.75) is 6.92 Å². The highest BCUT2D eigenvalue weighted by Crippen LogP contribution is 2.12. The molecule has 20 heavy (non-hydrogen) atoms. The van der Waals surface area contributed by atoms with E-state index in [2.05, 4.69) is 16.6 Å². The molecule has 0 aromatic carbocycles. The van der Waals surface area contributed by atoms with Gasteiger partial charge in [0.25, 0.3) is 0 Å². The third-order valence-electron chi connectivity index (χ3n) is 2.49. The Kier molecular flexibility index (Phi) is 6.53. The van der Waals surface area contributed by atoms with Gasteiger partial charge in [0.1, 0.15) is 11.6 Å².